The van der Waals surface area contributed by atoms with Crippen LogP contribution in [-0.4, -0.2) is 25.3 Å². The number of hydrogen-bond acceptors (Lipinski definition) is 4. The molecule has 0 bridgehead atoms. The summed E-state index contributed by atoms with van der Waals surface area (Å²) >= 11 is 0. The summed E-state index contributed by atoms with van der Waals surface area (Å²) < 4.78 is 5.04. The van der Waals surface area contributed by atoms with Gasteiger partial charge in [0, 0.05) is 23.4 Å². The van der Waals surface area contributed by atoms with E-state index in [2.05, 4.69) is 5.32 Å². The molecule has 0 saturated carbocycles. The summed E-state index contributed by atoms with van der Waals surface area (Å²) in [6.45, 7) is 1.90. The Morgan fingerprint density at radius 1 is 1.47 bits per heavy atom. The molecule has 1 rings (SSSR count). The van der Waals surface area contributed by atoms with Gasteiger partial charge in [-0.2, -0.15) is 0 Å². The molecule has 0 aromatic heterocycles. The topological polar surface area (TPSA) is 67.5 Å². The number of benzene rings is 1. The van der Waals surface area contributed by atoms with Gasteiger partial charge in [0.2, 0.25) is 0 Å². The average Bonchev–Trinajstić information content (AvgIpc) is 2.26. The Balaban J connectivity index is 2.95. The van der Waals surface area contributed by atoms with E-state index in [1.807, 2.05) is 6.92 Å². The molecular weight excluding hydrogens is 192 g/mol. The molecule has 0 saturated heterocycles. The number of nitrogen functional groups attached to an aromatic ring is 1. The number of aliphatic hydroxyl groups is 1. The van der Waals surface area contributed by atoms with E-state index in [0.717, 1.165) is 5.56 Å². The molecular formula is C11H18N2O2. The van der Waals surface area contributed by atoms with Crippen molar-refractivity contribution in [2.45, 2.75) is 19.1 Å². The van der Waals surface area contributed by atoms with Gasteiger partial charge in [-0.15, -0.1) is 0 Å². The van der Waals surface area contributed by atoms with E-state index in [9.17, 15) is 5.11 Å². The number of nitrogens with one attached hydrogen (secondary N) is 1. The highest BCUT2D eigenvalue weighted by Gasteiger charge is 2.17. The van der Waals surface area contributed by atoms with Crippen LogP contribution in [0.3, 0.4) is 0 Å². The smallest absolute Gasteiger partial charge is 0.120 e. The SMILES string of the molecule is CNC(C)C(O)c1ccc(OC)cc1N. The van der Waals surface area contributed by atoms with Gasteiger partial charge in [-0.25, -0.2) is 0 Å². The quantitative estimate of drug-likeness (QED) is 0.646. The van der Waals surface area contributed by atoms with Gasteiger partial charge in [0.1, 0.15) is 5.75 Å². The Morgan fingerprint density at radius 3 is 2.60 bits per heavy atom. The zero-order valence-electron chi connectivity index (χ0n) is 9.32. The average molecular weight is 210 g/mol. The summed E-state index contributed by atoms with van der Waals surface area (Å²) in [5.74, 6) is 0.695. The van der Waals surface area contributed by atoms with E-state index in [4.69, 9.17) is 10.5 Å². The van der Waals surface area contributed by atoms with Crippen molar-refractivity contribution in [3.63, 3.8) is 0 Å². The van der Waals surface area contributed by atoms with Crippen molar-refractivity contribution in [2.24, 2.45) is 0 Å². The van der Waals surface area contributed by atoms with Crippen molar-refractivity contribution in [1.29, 1.82) is 0 Å². The van der Waals surface area contributed by atoms with Gasteiger partial charge in [0.05, 0.1) is 13.2 Å². The maximum absolute atomic E-state index is 9.95. The van der Waals surface area contributed by atoms with Gasteiger partial charge in [0.25, 0.3) is 0 Å². The summed E-state index contributed by atoms with van der Waals surface area (Å²) in [5.41, 5.74) is 7.09. The zero-order valence-corrected chi connectivity index (χ0v) is 9.32. The molecule has 0 spiro atoms. The van der Waals surface area contributed by atoms with E-state index < -0.39 is 6.10 Å². The van der Waals surface area contributed by atoms with Crippen LogP contribution < -0.4 is 15.8 Å². The molecule has 15 heavy (non-hydrogen) atoms. The van der Waals surface area contributed by atoms with E-state index in [1.165, 1.54) is 0 Å². The highest BCUT2D eigenvalue weighted by atomic mass is 16.5. The Kier molecular flexibility index (Phi) is 3.94. The summed E-state index contributed by atoms with van der Waals surface area (Å²) in [7, 11) is 3.38. The first-order valence-corrected chi connectivity index (χ1v) is 4.89. The van der Waals surface area contributed by atoms with Crippen LogP contribution >= 0.6 is 0 Å². The molecule has 0 amide bonds. The third-order valence-electron chi connectivity index (χ3n) is 2.54. The molecule has 0 aliphatic carbocycles. The minimum Gasteiger partial charge on any atom is -0.497 e. The Morgan fingerprint density at radius 2 is 2.13 bits per heavy atom. The molecule has 0 fully saturated rings. The van der Waals surface area contributed by atoms with Crippen molar-refractivity contribution in [3.8, 4) is 5.75 Å². The van der Waals surface area contributed by atoms with Crippen LogP contribution in [0, 0.1) is 0 Å². The fourth-order valence-corrected chi connectivity index (χ4v) is 1.38. The number of nitrogens with two attached hydrogens (primary N) is 1. The van der Waals surface area contributed by atoms with Crippen LogP contribution in [0.25, 0.3) is 0 Å². The zero-order chi connectivity index (χ0) is 11.4. The maximum Gasteiger partial charge on any atom is 0.120 e. The highest BCUT2D eigenvalue weighted by molar-refractivity contribution is 5.52. The van der Waals surface area contributed by atoms with Gasteiger partial charge >= 0.3 is 0 Å². The lowest BCUT2D eigenvalue weighted by atomic mass is 10.0. The lowest BCUT2D eigenvalue weighted by Gasteiger charge is -2.20. The number of likely N-dealkylation sites (N-methyl/N-ethyl adjacent to an activating group) is 1. The Bertz CT molecular complexity index is 328. The molecule has 1 aromatic carbocycles. The summed E-state index contributed by atoms with van der Waals surface area (Å²) in [5, 5.41) is 12.9. The van der Waals surface area contributed by atoms with Crippen molar-refractivity contribution < 1.29 is 9.84 Å². The molecule has 0 heterocycles. The minimum atomic E-state index is -0.610. The third kappa shape index (κ3) is 2.61. The summed E-state index contributed by atoms with van der Waals surface area (Å²) in [6, 6.07) is 5.24. The molecule has 0 aliphatic rings. The van der Waals surface area contributed by atoms with Crippen molar-refractivity contribution >= 4 is 5.69 Å². The van der Waals surface area contributed by atoms with Crippen molar-refractivity contribution in [2.75, 3.05) is 19.9 Å². The van der Waals surface area contributed by atoms with Crippen LogP contribution in [0.5, 0.6) is 5.75 Å². The van der Waals surface area contributed by atoms with Crippen LogP contribution in [0.4, 0.5) is 5.69 Å². The lowest BCUT2D eigenvalue weighted by Crippen LogP contribution is -2.29. The predicted molar refractivity (Wildman–Crippen MR) is 60.9 cm³/mol. The number of anilines is 1. The predicted octanol–water partition coefficient (Wildman–Crippen LogP) is 0.919. The number of hydrogen-bond donors (Lipinski definition) is 3. The molecule has 0 aliphatic heterocycles. The second kappa shape index (κ2) is 5.00. The minimum absolute atomic E-state index is 0.0410. The van der Waals surface area contributed by atoms with Gasteiger partial charge in [-0.05, 0) is 20.0 Å². The Labute approximate surface area is 90.1 Å². The molecule has 84 valence electrons. The number of rotatable bonds is 4. The first kappa shape index (κ1) is 11.8. The molecule has 4 nitrogen and oxygen atoms in total. The van der Waals surface area contributed by atoms with Crippen molar-refractivity contribution in [3.05, 3.63) is 23.8 Å². The molecule has 1 aromatic rings. The van der Waals surface area contributed by atoms with Crippen molar-refractivity contribution in [1.82, 2.24) is 5.32 Å². The first-order chi connectivity index (χ1) is 7.10. The standard InChI is InChI=1S/C11H18N2O2/c1-7(13-2)11(14)9-5-4-8(15-3)6-10(9)12/h4-7,11,13-14H,12H2,1-3H3. The van der Waals surface area contributed by atoms with E-state index in [0.29, 0.717) is 11.4 Å². The van der Waals surface area contributed by atoms with Gasteiger partial charge in [0.15, 0.2) is 0 Å². The van der Waals surface area contributed by atoms with E-state index in [-0.39, 0.29) is 6.04 Å². The highest BCUT2D eigenvalue weighted by Crippen LogP contribution is 2.26. The molecule has 0 radical (unpaired) electrons. The molecule has 2 unspecified atom stereocenters. The molecule has 4 N–H and O–H groups in total. The number of methoxy groups -OCH3 is 1. The third-order valence-corrected chi connectivity index (χ3v) is 2.54. The summed E-state index contributed by atoms with van der Waals surface area (Å²) in [4.78, 5) is 0. The van der Waals surface area contributed by atoms with Gasteiger partial charge in [-0.1, -0.05) is 6.07 Å². The van der Waals surface area contributed by atoms with Crippen LogP contribution in [0.1, 0.15) is 18.6 Å². The van der Waals surface area contributed by atoms with Crippen LogP contribution in [0.2, 0.25) is 0 Å². The number of ether oxygens (including phenoxy) is 1. The fourth-order valence-electron chi connectivity index (χ4n) is 1.38. The fraction of sp³-hybridized carbons (Fsp3) is 0.455. The van der Waals surface area contributed by atoms with Gasteiger partial charge < -0.3 is 20.9 Å². The molecule has 2 atom stereocenters. The van der Waals surface area contributed by atoms with Crippen LogP contribution in [0.15, 0.2) is 18.2 Å². The monoisotopic (exact) mass is 210 g/mol. The van der Waals surface area contributed by atoms with E-state index >= 15 is 0 Å². The van der Waals surface area contributed by atoms with E-state index in [1.54, 1.807) is 32.4 Å². The summed E-state index contributed by atoms with van der Waals surface area (Å²) in [6.07, 6.45) is -0.610. The Hall–Kier alpha value is -1.26. The number of aliphatic hydroxyl groups excluding tert-OH is 1. The van der Waals surface area contributed by atoms with Gasteiger partial charge in [-0.3, -0.25) is 0 Å². The normalized spacial score (nSPS) is 14.7. The largest absolute Gasteiger partial charge is 0.497 e. The lowest BCUT2D eigenvalue weighted by molar-refractivity contribution is 0.141. The second-order valence-electron chi connectivity index (χ2n) is 3.52. The first-order valence-electron chi connectivity index (χ1n) is 4.89. The second-order valence-corrected chi connectivity index (χ2v) is 3.52. The molecule has 4 heteroatoms. The van der Waals surface area contributed by atoms with Crippen LogP contribution in [-0.2, 0) is 0 Å². The maximum atomic E-state index is 9.95.